The van der Waals surface area contributed by atoms with Crippen LogP contribution in [0.4, 0.5) is 0 Å². The summed E-state index contributed by atoms with van der Waals surface area (Å²) in [5.41, 5.74) is 7.30. The molecule has 0 amide bonds. The number of hydrogen-bond acceptors (Lipinski definition) is 1. The maximum absolute atomic E-state index is 3.74. The Bertz CT molecular complexity index is 700. The number of benzene rings is 1. The van der Waals surface area contributed by atoms with Crippen molar-refractivity contribution in [3.8, 4) is 0 Å². The average Bonchev–Trinajstić information content (AvgIpc) is 3.02. The number of hydrogen-bond donors (Lipinski definition) is 1. The standard InChI is InChI=1S/C23H35NSi/c1-16-11-17(2)18(3)21(12-16)22-14-20(13-19-9-7-8-10-19)23(15-24-22)25(4,5)6/h11-12,14-15,19,22,24H,7-10,13H2,1-6H3. The molecular formula is C23H35NSi. The molecule has 1 N–H and O–H groups in total. The van der Waals surface area contributed by atoms with E-state index in [1.165, 1.54) is 54.4 Å². The van der Waals surface area contributed by atoms with Gasteiger partial charge < -0.3 is 5.32 Å². The van der Waals surface area contributed by atoms with E-state index in [9.17, 15) is 0 Å². The van der Waals surface area contributed by atoms with Gasteiger partial charge in [-0.25, -0.2) is 0 Å². The fourth-order valence-corrected chi connectivity index (χ4v) is 6.25. The van der Waals surface area contributed by atoms with Crippen LogP contribution in [0.15, 0.2) is 35.2 Å². The molecule has 0 bridgehead atoms. The van der Waals surface area contributed by atoms with E-state index in [4.69, 9.17) is 0 Å². The van der Waals surface area contributed by atoms with Gasteiger partial charge in [0.05, 0.1) is 14.1 Å². The summed E-state index contributed by atoms with van der Waals surface area (Å²) in [6.45, 7) is 14.2. The highest BCUT2D eigenvalue weighted by atomic mass is 28.3. The quantitative estimate of drug-likeness (QED) is 0.607. The number of rotatable bonds is 4. The van der Waals surface area contributed by atoms with E-state index < -0.39 is 8.07 Å². The first kappa shape index (κ1) is 18.5. The van der Waals surface area contributed by atoms with E-state index in [1.807, 2.05) is 0 Å². The Balaban J connectivity index is 1.95. The highest BCUT2D eigenvalue weighted by molar-refractivity contribution is 6.84. The molecule has 1 aliphatic heterocycles. The molecule has 1 heterocycles. The van der Waals surface area contributed by atoms with Crippen LogP contribution in [-0.4, -0.2) is 8.07 Å². The van der Waals surface area contributed by atoms with E-state index in [0.29, 0.717) is 6.04 Å². The molecule has 1 aliphatic carbocycles. The Morgan fingerprint density at radius 3 is 2.36 bits per heavy atom. The summed E-state index contributed by atoms with van der Waals surface area (Å²) in [5, 5.41) is 5.38. The third-order valence-corrected chi connectivity index (χ3v) is 8.18. The summed E-state index contributed by atoms with van der Waals surface area (Å²) in [6.07, 6.45) is 11.9. The van der Waals surface area contributed by atoms with E-state index in [0.717, 1.165) is 5.92 Å². The first-order valence-corrected chi connectivity index (χ1v) is 13.5. The van der Waals surface area contributed by atoms with Crippen molar-refractivity contribution >= 4 is 8.07 Å². The lowest BCUT2D eigenvalue weighted by molar-refractivity contribution is 0.541. The summed E-state index contributed by atoms with van der Waals surface area (Å²) in [6, 6.07) is 5.00. The number of aryl methyl sites for hydroxylation is 2. The minimum Gasteiger partial charge on any atom is -0.381 e. The monoisotopic (exact) mass is 353 g/mol. The van der Waals surface area contributed by atoms with Crippen LogP contribution in [0, 0.1) is 26.7 Å². The zero-order chi connectivity index (χ0) is 18.2. The molecule has 136 valence electrons. The van der Waals surface area contributed by atoms with Crippen molar-refractivity contribution in [2.75, 3.05) is 0 Å². The average molecular weight is 354 g/mol. The van der Waals surface area contributed by atoms with Crippen molar-refractivity contribution in [1.29, 1.82) is 0 Å². The fourth-order valence-electron chi connectivity index (χ4n) is 4.58. The lowest BCUT2D eigenvalue weighted by Gasteiger charge is -2.32. The van der Waals surface area contributed by atoms with Crippen molar-refractivity contribution in [2.24, 2.45) is 5.92 Å². The Labute approximate surface area is 155 Å². The molecule has 0 saturated heterocycles. The van der Waals surface area contributed by atoms with Crippen LogP contribution in [0.1, 0.15) is 60.4 Å². The van der Waals surface area contributed by atoms with Gasteiger partial charge in [-0.1, -0.05) is 69.1 Å². The van der Waals surface area contributed by atoms with Crippen molar-refractivity contribution in [1.82, 2.24) is 5.32 Å². The molecule has 2 heteroatoms. The summed E-state index contributed by atoms with van der Waals surface area (Å²) in [7, 11) is -1.33. The molecule has 3 rings (SSSR count). The number of dihydropyridines is 1. The summed E-state index contributed by atoms with van der Waals surface area (Å²) < 4.78 is 0. The van der Waals surface area contributed by atoms with Crippen LogP contribution in [-0.2, 0) is 0 Å². The molecule has 1 saturated carbocycles. The third kappa shape index (κ3) is 4.11. The predicted molar refractivity (Wildman–Crippen MR) is 113 cm³/mol. The minimum absolute atomic E-state index is 0.329. The molecule has 2 aliphatic rings. The van der Waals surface area contributed by atoms with Crippen LogP contribution in [0.3, 0.4) is 0 Å². The maximum atomic E-state index is 3.74. The van der Waals surface area contributed by atoms with Gasteiger partial charge in [0.15, 0.2) is 0 Å². The van der Waals surface area contributed by atoms with Gasteiger partial charge in [0.1, 0.15) is 0 Å². The van der Waals surface area contributed by atoms with Gasteiger partial charge in [-0.05, 0) is 66.8 Å². The van der Waals surface area contributed by atoms with Gasteiger partial charge >= 0.3 is 0 Å². The van der Waals surface area contributed by atoms with Gasteiger partial charge in [-0.2, -0.15) is 0 Å². The van der Waals surface area contributed by atoms with Crippen LogP contribution in [0.2, 0.25) is 19.6 Å². The van der Waals surface area contributed by atoms with Crippen LogP contribution < -0.4 is 5.32 Å². The molecule has 1 aromatic carbocycles. The normalized spacial score (nSPS) is 21.8. The molecule has 1 nitrogen and oxygen atoms in total. The lowest BCUT2D eigenvalue weighted by atomic mass is 9.90. The van der Waals surface area contributed by atoms with E-state index in [-0.39, 0.29) is 0 Å². The highest BCUT2D eigenvalue weighted by Crippen LogP contribution is 2.38. The van der Waals surface area contributed by atoms with E-state index >= 15 is 0 Å². The van der Waals surface area contributed by atoms with Crippen LogP contribution in [0.25, 0.3) is 0 Å². The second kappa shape index (κ2) is 7.15. The Kier molecular flexibility index (Phi) is 5.29. The predicted octanol–water partition coefficient (Wildman–Crippen LogP) is 6.52. The van der Waals surface area contributed by atoms with Crippen molar-refractivity contribution in [3.63, 3.8) is 0 Å². The molecule has 1 unspecified atom stereocenters. The smallest absolute Gasteiger partial charge is 0.0798 e. The molecular weight excluding hydrogens is 318 g/mol. The van der Waals surface area contributed by atoms with E-state index in [2.05, 4.69) is 70.1 Å². The van der Waals surface area contributed by atoms with Gasteiger partial charge in [0.2, 0.25) is 0 Å². The molecule has 25 heavy (non-hydrogen) atoms. The summed E-state index contributed by atoms with van der Waals surface area (Å²) >= 11 is 0. The fraction of sp³-hybridized carbons (Fsp3) is 0.565. The maximum Gasteiger partial charge on any atom is 0.0798 e. The van der Waals surface area contributed by atoms with E-state index in [1.54, 1.807) is 10.8 Å². The highest BCUT2D eigenvalue weighted by Gasteiger charge is 2.29. The zero-order valence-electron chi connectivity index (χ0n) is 17.0. The second-order valence-corrected chi connectivity index (χ2v) is 14.3. The van der Waals surface area contributed by atoms with Crippen LogP contribution in [0.5, 0.6) is 0 Å². The van der Waals surface area contributed by atoms with Gasteiger partial charge in [-0.15, -0.1) is 0 Å². The molecule has 0 radical (unpaired) electrons. The Hall–Kier alpha value is -1.28. The number of nitrogens with one attached hydrogen (secondary N) is 1. The molecule has 1 fully saturated rings. The lowest BCUT2D eigenvalue weighted by Crippen LogP contribution is -2.32. The molecule has 0 aromatic heterocycles. The van der Waals surface area contributed by atoms with Crippen LogP contribution >= 0.6 is 0 Å². The first-order chi connectivity index (χ1) is 11.8. The first-order valence-electron chi connectivity index (χ1n) is 10.0. The third-order valence-electron chi connectivity index (χ3n) is 6.10. The van der Waals surface area contributed by atoms with Crippen molar-refractivity contribution in [2.45, 2.75) is 78.6 Å². The van der Waals surface area contributed by atoms with Gasteiger partial charge in [-0.3, -0.25) is 0 Å². The summed E-state index contributed by atoms with van der Waals surface area (Å²) in [5.74, 6) is 0.907. The zero-order valence-corrected chi connectivity index (χ0v) is 18.0. The molecule has 1 atom stereocenters. The Morgan fingerprint density at radius 2 is 1.72 bits per heavy atom. The Morgan fingerprint density at radius 1 is 1.04 bits per heavy atom. The SMILES string of the molecule is Cc1cc(C)c(C)c(C2C=C(CC3CCCC3)C([Si](C)(C)C)=CN2)c1. The van der Waals surface area contributed by atoms with Crippen molar-refractivity contribution in [3.05, 3.63) is 57.4 Å². The largest absolute Gasteiger partial charge is 0.381 e. The van der Waals surface area contributed by atoms with Gasteiger partial charge in [0, 0.05) is 0 Å². The second-order valence-electron chi connectivity index (χ2n) is 9.29. The van der Waals surface area contributed by atoms with Gasteiger partial charge in [0.25, 0.3) is 0 Å². The number of allylic oxidation sites excluding steroid dienone is 2. The topological polar surface area (TPSA) is 12.0 Å². The molecule has 0 spiro atoms. The van der Waals surface area contributed by atoms with Crippen molar-refractivity contribution < 1.29 is 0 Å². The summed E-state index contributed by atoms with van der Waals surface area (Å²) in [4.78, 5) is 0. The molecule has 1 aromatic rings. The minimum atomic E-state index is -1.33.